The number of Topliss-reactive ketones (excluding diaryl/α,β-unsaturated/α-hetero) is 1. The maximum atomic E-state index is 11.7. The Morgan fingerprint density at radius 1 is 1.33 bits per heavy atom. The van der Waals surface area contributed by atoms with Crippen molar-refractivity contribution < 1.29 is 13.2 Å². The Balaban J connectivity index is 2.67. The molecule has 80 valence electrons. The number of anilines is 1. The van der Waals surface area contributed by atoms with Crippen molar-refractivity contribution in [2.75, 3.05) is 16.6 Å². The van der Waals surface area contributed by atoms with Crippen molar-refractivity contribution in [1.82, 2.24) is 0 Å². The van der Waals surface area contributed by atoms with Crippen LogP contribution in [0.3, 0.4) is 0 Å². The number of ketones is 1. The Kier molecular flexibility index (Phi) is 2.26. The largest absolute Gasteiger partial charge is 0.293 e. The molecular weight excluding hydrogens is 214 g/mol. The summed E-state index contributed by atoms with van der Waals surface area (Å²) in [6, 6.07) is 6.79. The molecule has 1 aliphatic heterocycles. The fourth-order valence-electron chi connectivity index (χ4n) is 1.77. The summed E-state index contributed by atoms with van der Waals surface area (Å²) in [5.74, 6) is -0.743. The molecule has 1 heterocycles. The summed E-state index contributed by atoms with van der Waals surface area (Å²) >= 11 is 0. The highest BCUT2D eigenvalue weighted by Gasteiger charge is 2.33. The molecule has 0 atom stereocenters. The van der Waals surface area contributed by atoms with E-state index in [1.807, 2.05) is 0 Å². The van der Waals surface area contributed by atoms with Crippen LogP contribution in [0.4, 0.5) is 5.69 Å². The van der Waals surface area contributed by atoms with Gasteiger partial charge in [-0.1, -0.05) is 12.1 Å². The summed E-state index contributed by atoms with van der Waals surface area (Å²) in [7, 11) is -3.45. The lowest BCUT2D eigenvalue weighted by Crippen LogP contribution is -2.40. The molecule has 0 N–H and O–H groups in total. The van der Waals surface area contributed by atoms with Gasteiger partial charge in [-0.05, 0) is 19.1 Å². The van der Waals surface area contributed by atoms with Crippen molar-refractivity contribution in [3.05, 3.63) is 29.8 Å². The van der Waals surface area contributed by atoms with Gasteiger partial charge in [0.25, 0.3) is 0 Å². The summed E-state index contributed by atoms with van der Waals surface area (Å²) in [5, 5.41) is 0. The summed E-state index contributed by atoms with van der Waals surface area (Å²) in [6.07, 6.45) is 0. The molecule has 5 heteroatoms. The first kappa shape index (κ1) is 10.2. The second kappa shape index (κ2) is 3.34. The van der Waals surface area contributed by atoms with Gasteiger partial charge in [-0.25, -0.2) is 8.42 Å². The van der Waals surface area contributed by atoms with Crippen LogP contribution in [0.25, 0.3) is 0 Å². The van der Waals surface area contributed by atoms with Crippen LogP contribution in [0.1, 0.15) is 17.3 Å². The zero-order valence-corrected chi connectivity index (χ0v) is 9.12. The lowest BCUT2D eigenvalue weighted by molar-refractivity contribution is 0.102. The van der Waals surface area contributed by atoms with E-state index in [2.05, 4.69) is 0 Å². The van der Waals surface area contributed by atoms with Gasteiger partial charge in [-0.15, -0.1) is 0 Å². The van der Waals surface area contributed by atoms with Crippen LogP contribution in [0.2, 0.25) is 0 Å². The van der Waals surface area contributed by atoms with Crippen LogP contribution in [-0.2, 0) is 10.0 Å². The Bertz CT molecular complexity index is 507. The Morgan fingerprint density at radius 2 is 2.00 bits per heavy atom. The molecule has 1 aromatic carbocycles. The lowest BCUT2D eigenvalue weighted by atomic mass is 10.1. The van der Waals surface area contributed by atoms with Gasteiger partial charge in [-0.3, -0.25) is 9.10 Å². The normalized spacial score (nSPS) is 18.7. The molecule has 0 spiro atoms. The average molecular weight is 225 g/mol. The highest BCUT2D eigenvalue weighted by Crippen LogP contribution is 2.28. The third-order valence-electron chi connectivity index (χ3n) is 2.41. The smallest absolute Gasteiger partial charge is 0.242 e. The molecule has 1 aliphatic rings. The van der Waals surface area contributed by atoms with Gasteiger partial charge in [0.05, 0.1) is 5.69 Å². The van der Waals surface area contributed by atoms with Crippen molar-refractivity contribution in [3.63, 3.8) is 0 Å². The van der Waals surface area contributed by atoms with E-state index in [4.69, 9.17) is 0 Å². The van der Waals surface area contributed by atoms with E-state index in [1.165, 1.54) is 4.31 Å². The van der Waals surface area contributed by atoms with Crippen LogP contribution < -0.4 is 4.31 Å². The molecule has 4 nitrogen and oxygen atoms in total. The molecule has 0 amide bonds. The van der Waals surface area contributed by atoms with E-state index in [0.29, 0.717) is 17.8 Å². The molecule has 0 unspecified atom stereocenters. The van der Waals surface area contributed by atoms with E-state index < -0.39 is 15.8 Å². The van der Waals surface area contributed by atoms with Crippen molar-refractivity contribution in [3.8, 4) is 0 Å². The average Bonchev–Trinajstić information content (AvgIpc) is 2.17. The highest BCUT2D eigenvalue weighted by molar-refractivity contribution is 7.93. The minimum absolute atomic E-state index is 0.324. The quantitative estimate of drug-likeness (QED) is 0.717. The van der Waals surface area contributed by atoms with Crippen LogP contribution in [0.15, 0.2) is 24.3 Å². The number of nitrogens with zero attached hydrogens (tertiary/aromatic N) is 1. The predicted molar refractivity (Wildman–Crippen MR) is 57.6 cm³/mol. The zero-order chi connectivity index (χ0) is 11.1. The fraction of sp³-hybridized carbons (Fsp3) is 0.300. The molecule has 1 aromatic rings. The number of carbonyl (C=O) groups is 1. The van der Waals surface area contributed by atoms with Crippen LogP contribution >= 0.6 is 0 Å². The number of rotatable bonds is 1. The maximum absolute atomic E-state index is 11.7. The minimum Gasteiger partial charge on any atom is -0.293 e. The summed E-state index contributed by atoms with van der Waals surface area (Å²) in [6.45, 7) is 2.11. The van der Waals surface area contributed by atoms with E-state index in [-0.39, 0.29) is 5.78 Å². The van der Waals surface area contributed by atoms with E-state index in [9.17, 15) is 13.2 Å². The van der Waals surface area contributed by atoms with Crippen LogP contribution in [0.5, 0.6) is 0 Å². The van der Waals surface area contributed by atoms with E-state index >= 15 is 0 Å². The highest BCUT2D eigenvalue weighted by atomic mass is 32.2. The second-order valence-electron chi connectivity index (χ2n) is 3.36. The lowest BCUT2D eigenvalue weighted by Gasteiger charge is -2.28. The minimum atomic E-state index is -3.45. The zero-order valence-electron chi connectivity index (χ0n) is 8.30. The number of hydrogen-bond acceptors (Lipinski definition) is 3. The van der Waals surface area contributed by atoms with Gasteiger partial charge in [0.1, 0.15) is 5.75 Å². The molecule has 0 saturated carbocycles. The fourth-order valence-corrected chi connectivity index (χ4v) is 3.26. The monoisotopic (exact) mass is 225 g/mol. The molecule has 0 aromatic heterocycles. The Hall–Kier alpha value is -1.36. The van der Waals surface area contributed by atoms with Crippen LogP contribution in [0, 0.1) is 0 Å². The van der Waals surface area contributed by atoms with Crippen molar-refractivity contribution >= 4 is 21.5 Å². The Labute approximate surface area is 88.6 Å². The molecule has 0 bridgehead atoms. The van der Waals surface area contributed by atoms with Gasteiger partial charge in [0, 0.05) is 12.1 Å². The molecule has 0 saturated heterocycles. The second-order valence-corrected chi connectivity index (χ2v) is 5.25. The van der Waals surface area contributed by atoms with E-state index in [0.717, 1.165) is 0 Å². The molecular formula is C10H11NO3S. The topological polar surface area (TPSA) is 54.5 Å². The molecule has 0 fully saturated rings. The first-order valence-electron chi connectivity index (χ1n) is 4.69. The number of sulfonamides is 1. The van der Waals surface area contributed by atoms with Gasteiger partial charge in [0.2, 0.25) is 10.0 Å². The SMILES string of the molecule is CCN1c2ccccc2C(=O)CS1(=O)=O. The number of carbonyl (C=O) groups excluding carboxylic acids is 1. The third-order valence-corrected chi connectivity index (χ3v) is 4.16. The van der Waals surface area contributed by atoms with Gasteiger partial charge in [-0.2, -0.15) is 0 Å². The predicted octanol–water partition coefficient (Wildman–Crippen LogP) is 1.04. The van der Waals surface area contributed by atoms with Crippen molar-refractivity contribution in [1.29, 1.82) is 0 Å². The third kappa shape index (κ3) is 1.52. The molecule has 0 aliphatic carbocycles. The standard InChI is InChI=1S/C10H11NO3S/c1-2-11-9-6-4-3-5-8(9)10(12)7-15(11,13)14/h3-6H,2,7H2,1H3. The number of benzene rings is 1. The van der Waals surface area contributed by atoms with Gasteiger partial charge in [0.15, 0.2) is 5.78 Å². The van der Waals surface area contributed by atoms with Gasteiger partial charge < -0.3 is 0 Å². The number of hydrogen-bond donors (Lipinski definition) is 0. The number of fused-ring (bicyclic) bond motifs is 1. The molecule has 15 heavy (non-hydrogen) atoms. The van der Waals surface area contributed by atoms with Crippen molar-refractivity contribution in [2.24, 2.45) is 0 Å². The summed E-state index contributed by atoms with van der Waals surface area (Å²) in [4.78, 5) is 11.6. The first-order valence-corrected chi connectivity index (χ1v) is 6.30. The summed E-state index contributed by atoms with van der Waals surface area (Å²) in [5.41, 5.74) is 0.991. The maximum Gasteiger partial charge on any atom is 0.242 e. The van der Waals surface area contributed by atoms with Gasteiger partial charge >= 0.3 is 0 Å². The molecule has 0 radical (unpaired) electrons. The Morgan fingerprint density at radius 3 is 2.67 bits per heavy atom. The van der Waals surface area contributed by atoms with Crippen molar-refractivity contribution in [2.45, 2.75) is 6.92 Å². The first-order chi connectivity index (χ1) is 7.06. The van der Waals surface area contributed by atoms with E-state index in [1.54, 1.807) is 31.2 Å². The van der Waals surface area contributed by atoms with Crippen LogP contribution in [-0.4, -0.2) is 26.5 Å². The summed E-state index contributed by atoms with van der Waals surface area (Å²) < 4.78 is 24.7. The number of para-hydroxylation sites is 1. The molecule has 2 rings (SSSR count).